The minimum atomic E-state index is -1.43. The van der Waals surface area contributed by atoms with Crippen LogP contribution in [0.4, 0.5) is 5.69 Å². The highest BCUT2D eigenvalue weighted by molar-refractivity contribution is 6.03. The number of aliphatic hydroxyl groups excluding tert-OH is 2. The second-order valence-corrected chi connectivity index (χ2v) is 17.7. The largest absolute Gasteiger partial charge is 0.459 e. The van der Waals surface area contributed by atoms with Gasteiger partial charge >= 0.3 is 0 Å². The SMILES string of the molecule is C=CCOC12Oc3ccc(Oc4cccc([N+](=O)[O-])c4)cc3C3C(CCCCO)C(CCCCO)C=C(C(=NOC)CC1N(Cc1ccc4c(c1)OCO4)C(=O)CCC1CCCC1)C32. The second-order valence-electron chi connectivity index (χ2n) is 17.7. The van der Waals surface area contributed by atoms with Crippen molar-refractivity contribution in [3.63, 3.8) is 0 Å². The number of amides is 1. The fraction of sp³-hybridized carbons (Fsp3) is 0.520. The maximum Gasteiger partial charge on any atom is 0.273 e. The van der Waals surface area contributed by atoms with Crippen LogP contribution in [0.25, 0.3) is 0 Å². The normalized spacial score (nSPS) is 24.9. The average Bonchev–Trinajstić information content (AvgIpc) is 4.01. The summed E-state index contributed by atoms with van der Waals surface area (Å²) in [5.41, 5.74) is 3.30. The molecule has 2 aliphatic heterocycles. The number of hydrogen-bond donors (Lipinski definition) is 2. The van der Waals surface area contributed by atoms with Crippen molar-refractivity contribution in [2.75, 3.05) is 33.7 Å². The van der Waals surface area contributed by atoms with Gasteiger partial charge in [0.15, 0.2) is 11.5 Å². The predicted molar refractivity (Wildman–Crippen MR) is 239 cm³/mol. The van der Waals surface area contributed by atoms with E-state index in [4.69, 9.17) is 33.7 Å². The Morgan fingerprint density at radius 1 is 0.969 bits per heavy atom. The number of nitro groups is 1. The number of allylic oxidation sites excluding steroid dienone is 1. The number of aliphatic hydroxyl groups is 2. The van der Waals surface area contributed by atoms with Crippen LogP contribution in [0.5, 0.6) is 28.7 Å². The van der Waals surface area contributed by atoms with Crippen LogP contribution in [0.3, 0.4) is 0 Å². The molecule has 1 amide bonds. The van der Waals surface area contributed by atoms with E-state index in [2.05, 4.69) is 12.7 Å². The van der Waals surface area contributed by atoms with Crippen LogP contribution in [0, 0.1) is 33.8 Å². The third-order valence-electron chi connectivity index (χ3n) is 13.8. The first-order valence-corrected chi connectivity index (χ1v) is 23.0. The summed E-state index contributed by atoms with van der Waals surface area (Å²) in [6.45, 7) is 4.72. The Kier molecular flexibility index (Phi) is 14.5. The number of fused-ring (bicyclic) bond motifs is 3. The van der Waals surface area contributed by atoms with Gasteiger partial charge in [-0.2, -0.15) is 0 Å². The molecular weight excluding hydrogens is 819 g/mol. The number of ether oxygens (including phenoxy) is 5. The van der Waals surface area contributed by atoms with E-state index in [0.717, 1.165) is 61.6 Å². The highest BCUT2D eigenvalue weighted by Gasteiger charge is 2.65. The van der Waals surface area contributed by atoms with E-state index in [1.165, 1.54) is 32.1 Å². The molecule has 2 heterocycles. The smallest absolute Gasteiger partial charge is 0.273 e. The van der Waals surface area contributed by atoms with E-state index in [0.29, 0.717) is 59.6 Å². The maximum absolute atomic E-state index is 15.2. The van der Waals surface area contributed by atoms with Gasteiger partial charge in [0.25, 0.3) is 5.69 Å². The van der Waals surface area contributed by atoms with Crippen molar-refractivity contribution in [2.45, 2.75) is 108 Å². The molecule has 0 spiro atoms. The first-order chi connectivity index (χ1) is 31.3. The van der Waals surface area contributed by atoms with Crippen LogP contribution in [0.2, 0.25) is 0 Å². The minimum absolute atomic E-state index is 0.00401. The van der Waals surface area contributed by atoms with Crippen LogP contribution in [0.15, 0.2) is 90.1 Å². The zero-order chi connectivity index (χ0) is 44.6. The third-order valence-corrected chi connectivity index (χ3v) is 13.8. The summed E-state index contributed by atoms with van der Waals surface area (Å²) in [6, 6.07) is 16.8. The molecule has 2 N–H and O–H groups in total. The zero-order valence-electron chi connectivity index (χ0n) is 36.7. The third kappa shape index (κ3) is 9.50. The van der Waals surface area contributed by atoms with Crippen molar-refractivity contribution in [3.05, 3.63) is 106 Å². The van der Waals surface area contributed by atoms with E-state index in [-0.39, 0.29) is 68.9 Å². The summed E-state index contributed by atoms with van der Waals surface area (Å²) < 4.78 is 32.4. The number of benzene rings is 3. The number of carbonyl (C=O) groups is 1. The fourth-order valence-electron chi connectivity index (χ4n) is 11.0. The van der Waals surface area contributed by atoms with E-state index >= 15 is 4.79 Å². The molecule has 6 atom stereocenters. The number of hydrogen-bond acceptors (Lipinski definition) is 12. The van der Waals surface area contributed by atoms with Gasteiger partial charge in [0.2, 0.25) is 18.5 Å². The van der Waals surface area contributed by atoms with Gasteiger partial charge in [-0.15, -0.1) is 6.58 Å². The zero-order valence-corrected chi connectivity index (χ0v) is 36.7. The molecule has 0 saturated heterocycles. The standard InChI is InChI=1S/C50H61N3O11/c1-3-25-62-50-46(52(47(56)22-18-33-11-4-5-12-33)31-34-17-20-44-45(26-34)61-32-60-44)30-42(51-59-2)40-27-35(13-6-8-23-54)39(16-7-9-24-55)48(49(40)50)41-29-38(19-21-43(41)64-50)63-37-15-10-14-36(28-37)53(57)58/h3,10,14-15,17,19-21,26-29,33,35,39,46,48-49,54-55H,1,4-9,11-13,16,18,22-25,30-32H2,2H3. The highest BCUT2D eigenvalue weighted by Crippen LogP contribution is 2.62. The van der Waals surface area contributed by atoms with Crippen LogP contribution in [-0.2, 0) is 20.9 Å². The topological polar surface area (TPSA) is 172 Å². The lowest BCUT2D eigenvalue weighted by atomic mass is 9.55. The maximum atomic E-state index is 15.2. The Bertz CT molecular complexity index is 2200. The molecule has 14 nitrogen and oxygen atoms in total. The number of carbonyl (C=O) groups excluding carboxylic acids is 1. The Labute approximate surface area is 375 Å². The molecule has 3 aromatic rings. The lowest BCUT2D eigenvalue weighted by Gasteiger charge is -2.60. The van der Waals surface area contributed by atoms with Crippen molar-refractivity contribution in [2.24, 2.45) is 28.8 Å². The molecule has 3 aliphatic carbocycles. The minimum Gasteiger partial charge on any atom is -0.459 e. The first-order valence-electron chi connectivity index (χ1n) is 23.0. The number of non-ortho nitro benzene ring substituents is 1. The quantitative estimate of drug-likeness (QED) is 0.0452. The predicted octanol–water partition coefficient (Wildman–Crippen LogP) is 9.38. The van der Waals surface area contributed by atoms with Gasteiger partial charge in [0.05, 0.1) is 29.2 Å². The molecule has 8 rings (SSSR count). The van der Waals surface area contributed by atoms with E-state index < -0.39 is 22.7 Å². The monoisotopic (exact) mass is 879 g/mol. The molecule has 6 unspecified atom stereocenters. The molecule has 3 aromatic carbocycles. The van der Waals surface area contributed by atoms with Gasteiger partial charge < -0.3 is 43.6 Å². The molecule has 5 aliphatic rings. The first kappa shape index (κ1) is 45.1. The van der Waals surface area contributed by atoms with E-state index in [1.807, 2.05) is 35.2 Å². The van der Waals surface area contributed by atoms with E-state index in [1.54, 1.807) is 24.3 Å². The van der Waals surface area contributed by atoms with Crippen molar-refractivity contribution >= 4 is 17.3 Å². The Balaban J connectivity index is 1.30. The lowest BCUT2D eigenvalue weighted by Crippen LogP contribution is -2.70. The van der Waals surface area contributed by atoms with Crippen LogP contribution >= 0.6 is 0 Å². The van der Waals surface area contributed by atoms with Gasteiger partial charge in [0.1, 0.15) is 30.4 Å². The van der Waals surface area contributed by atoms with Gasteiger partial charge in [-0.05, 0) is 97.4 Å². The van der Waals surface area contributed by atoms with Gasteiger partial charge in [-0.1, -0.05) is 68.0 Å². The van der Waals surface area contributed by atoms with Crippen LogP contribution in [0.1, 0.15) is 101 Å². The summed E-state index contributed by atoms with van der Waals surface area (Å²) in [5, 5.41) is 36.3. The van der Waals surface area contributed by atoms with Crippen molar-refractivity contribution in [1.29, 1.82) is 0 Å². The Hall–Kier alpha value is -5.44. The highest BCUT2D eigenvalue weighted by atomic mass is 16.7. The van der Waals surface area contributed by atoms with Gasteiger partial charge in [0, 0.05) is 50.1 Å². The van der Waals surface area contributed by atoms with Crippen LogP contribution in [-0.4, -0.2) is 77.2 Å². The van der Waals surface area contributed by atoms with Crippen molar-refractivity contribution in [1.82, 2.24) is 4.90 Å². The summed E-state index contributed by atoms with van der Waals surface area (Å²) in [6.07, 6.45) is 14.5. The number of nitrogens with zero attached hydrogens (tertiary/aromatic N) is 3. The molecule has 342 valence electrons. The van der Waals surface area contributed by atoms with Crippen molar-refractivity contribution < 1.29 is 48.5 Å². The molecule has 14 heteroatoms. The molecular formula is C50H61N3O11. The number of rotatable bonds is 21. The second kappa shape index (κ2) is 20.6. The number of unbranched alkanes of at least 4 members (excludes halogenated alkanes) is 2. The Morgan fingerprint density at radius 2 is 1.73 bits per heavy atom. The average molecular weight is 880 g/mol. The fourth-order valence-corrected chi connectivity index (χ4v) is 11.0. The molecule has 64 heavy (non-hydrogen) atoms. The lowest BCUT2D eigenvalue weighted by molar-refractivity contribution is -0.384. The van der Waals surface area contributed by atoms with Gasteiger partial charge in [-0.25, -0.2) is 0 Å². The molecule has 0 aromatic heterocycles. The summed E-state index contributed by atoms with van der Waals surface area (Å²) in [4.78, 5) is 34.0. The number of oxime groups is 1. The summed E-state index contributed by atoms with van der Waals surface area (Å²) >= 11 is 0. The van der Waals surface area contributed by atoms with Gasteiger partial charge in [-0.3, -0.25) is 14.9 Å². The Morgan fingerprint density at radius 3 is 2.50 bits per heavy atom. The summed E-state index contributed by atoms with van der Waals surface area (Å²) in [5.74, 6) is 0.988. The number of nitro benzene ring substituents is 1. The van der Waals surface area contributed by atoms with Crippen molar-refractivity contribution in [3.8, 4) is 28.7 Å². The molecule has 0 bridgehead atoms. The molecule has 0 radical (unpaired) electrons. The van der Waals surface area contributed by atoms with Crippen LogP contribution < -0.4 is 18.9 Å². The molecule has 2 fully saturated rings. The van der Waals surface area contributed by atoms with E-state index in [9.17, 15) is 20.3 Å². The molecule has 2 saturated carbocycles. The summed E-state index contributed by atoms with van der Waals surface area (Å²) in [7, 11) is 1.54.